The Morgan fingerprint density at radius 2 is 1.52 bits per heavy atom. The first-order valence-electron chi connectivity index (χ1n) is 8.56. The minimum Gasteiger partial charge on any atom is -0.370 e. The molecule has 0 saturated heterocycles. The Balaban J connectivity index is 0.00000191. The molecule has 4 nitrogen and oxygen atoms in total. The van der Waals surface area contributed by atoms with E-state index in [-0.39, 0.29) is 0 Å². The van der Waals surface area contributed by atoms with Crippen LogP contribution in [0.4, 0.5) is 0 Å². The van der Waals surface area contributed by atoms with Crippen molar-refractivity contribution < 1.29 is 4.20 Å². The zero-order chi connectivity index (χ0) is 15.8. The van der Waals surface area contributed by atoms with Crippen LogP contribution in [0.1, 0.15) is 77.6 Å². The Bertz CT molecular complexity index is 250. The third kappa shape index (κ3) is 12.0. The van der Waals surface area contributed by atoms with Crippen molar-refractivity contribution in [3.8, 4) is 0 Å². The van der Waals surface area contributed by atoms with Crippen LogP contribution in [0.3, 0.4) is 0 Å². The third-order valence-electron chi connectivity index (χ3n) is 3.97. The van der Waals surface area contributed by atoms with Crippen molar-refractivity contribution in [1.29, 1.82) is 0 Å². The summed E-state index contributed by atoms with van der Waals surface area (Å²) in [4.78, 5) is 6.54. The molecule has 126 valence electrons. The zero-order valence-corrected chi connectivity index (χ0v) is 15.3. The lowest BCUT2D eigenvalue weighted by Gasteiger charge is -2.26. The van der Waals surface area contributed by atoms with Crippen LogP contribution >= 0.6 is 16.3 Å². The van der Waals surface area contributed by atoms with Gasteiger partial charge in [0.1, 0.15) is 0 Å². The average Bonchev–Trinajstić information content (AvgIpc) is 2.53. The lowest BCUT2D eigenvalue weighted by atomic mass is 10.1. The lowest BCUT2D eigenvalue weighted by molar-refractivity contribution is 0.375. The van der Waals surface area contributed by atoms with Crippen molar-refractivity contribution in [2.24, 2.45) is 10.7 Å². The number of nitrogens with two attached hydrogens (primary N) is 1. The fourth-order valence-corrected chi connectivity index (χ4v) is 2.69. The van der Waals surface area contributed by atoms with Crippen molar-refractivity contribution in [2.75, 3.05) is 19.6 Å². The second kappa shape index (κ2) is 16.1. The first-order valence-corrected chi connectivity index (χ1v) is 9.27. The number of hydrogen-bond acceptors (Lipinski definition) is 4. The van der Waals surface area contributed by atoms with E-state index in [9.17, 15) is 0 Å². The first-order chi connectivity index (χ1) is 10.3. The normalized spacial score (nSPS) is 14.4. The van der Waals surface area contributed by atoms with Gasteiger partial charge in [0.25, 0.3) is 0 Å². The maximum atomic E-state index is 6.81. The molecule has 0 aromatic rings. The molecule has 0 saturated carbocycles. The Labute approximate surface area is 139 Å². The van der Waals surface area contributed by atoms with E-state index in [1.807, 2.05) is 16.3 Å². The smallest absolute Gasteiger partial charge is 0.191 e. The number of nitrogens with zero attached hydrogens (tertiary/aromatic N) is 2. The van der Waals surface area contributed by atoms with Gasteiger partial charge in [0.15, 0.2) is 5.96 Å². The number of aliphatic imine (C=N–C) groups is 1. The van der Waals surface area contributed by atoms with Crippen LogP contribution in [0.15, 0.2) is 4.99 Å². The van der Waals surface area contributed by atoms with E-state index in [0.717, 1.165) is 25.6 Å². The van der Waals surface area contributed by atoms with Crippen molar-refractivity contribution >= 4 is 22.2 Å². The minimum absolute atomic E-state index is 0.766. The topological polar surface area (TPSA) is 61.8 Å². The van der Waals surface area contributed by atoms with E-state index in [1.165, 1.54) is 70.6 Å². The maximum Gasteiger partial charge on any atom is 0.191 e. The molecule has 0 bridgehead atoms. The number of rotatable bonds is 11. The maximum absolute atomic E-state index is 6.81. The Morgan fingerprint density at radius 3 is 2.05 bits per heavy atom. The van der Waals surface area contributed by atoms with Gasteiger partial charge < -0.3 is 14.8 Å². The van der Waals surface area contributed by atoms with Gasteiger partial charge in [0, 0.05) is 19.6 Å². The molecule has 0 atom stereocenters. The molecule has 0 aromatic heterocycles. The van der Waals surface area contributed by atoms with Crippen LogP contribution in [0.25, 0.3) is 0 Å². The van der Waals surface area contributed by atoms with Crippen molar-refractivity contribution in [1.82, 2.24) is 4.90 Å². The molecule has 1 aliphatic rings. The second-order valence-corrected chi connectivity index (χ2v) is 5.76. The molecule has 0 unspecified atom stereocenters. The van der Waals surface area contributed by atoms with Gasteiger partial charge in [-0.3, -0.25) is 4.99 Å². The van der Waals surface area contributed by atoms with Gasteiger partial charge in [-0.1, -0.05) is 64.7 Å². The molecule has 0 fully saturated rings. The monoisotopic (exact) mass is 363 g/mol. The highest BCUT2D eigenvalue weighted by Gasteiger charge is 2.10. The molecule has 0 aromatic carbocycles. The van der Waals surface area contributed by atoms with E-state index in [2.05, 4.69) is 16.8 Å². The predicted molar refractivity (Wildman–Crippen MR) is 95.7 cm³/mol. The highest BCUT2D eigenvalue weighted by Crippen LogP contribution is 2.11. The SMILES string of the molecule is CCCCCCCCCCCCN1CCCN=C1N.OBr. The summed E-state index contributed by atoms with van der Waals surface area (Å²) in [5.41, 5.74) is 5.88. The summed E-state index contributed by atoms with van der Waals surface area (Å²) in [5.74, 6) is 0.766. The van der Waals surface area contributed by atoms with Gasteiger partial charge in [-0.05, 0) is 12.8 Å². The Hall–Kier alpha value is -0.290. The standard InChI is InChI=1S/C16H33N3.BrHO/c1-2-3-4-5-6-7-8-9-10-11-14-19-15-12-13-18-16(19)17;1-2/h2-15H2,1H3,(H2,17,18);2H. The fourth-order valence-electron chi connectivity index (χ4n) is 2.69. The van der Waals surface area contributed by atoms with Gasteiger partial charge in [-0.25, -0.2) is 0 Å². The molecule has 0 aliphatic carbocycles. The Morgan fingerprint density at radius 1 is 1.00 bits per heavy atom. The molecule has 1 aliphatic heterocycles. The highest BCUT2D eigenvalue weighted by molar-refractivity contribution is 9.05. The summed E-state index contributed by atoms with van der Waals surface area (Å²) in [5, 5.41) is 0. The van der Waals surface area contributed by atoms with Gasteiger partial charge in [0.05, 0.1) is 16.3 Å². The third-order valence-corrected chi connectivity index (χ3v) is 3.97. The first kappa shape index (κ1) is 20.7. The highest BCUT2D eigenvalue weighted by atomic mass is 79.9. The van der Waals surface area contributed by atoms with E-state index in [0.29, 0.717) is 0 Å². The number of hydrogen-bond donors (Lipinski definition) is 2. The summed E-state index contributed by atoms with van der Waals surface area (Å²) in [6.45, 7) is 5.40. The van der Waals surface area contributed by atoms with Gasteiger partial charge in [0.2, 0.25) is 0 Å². The minimum atomic E-state index is 0.766. The van der Waals surface area contributed by atoms with E-state index >= 15 is 0 Å². The molecule has 0 radical (unpaired) electrons. The van der Waals surface area contributed by atoms with Crippen molar-refractivity contribution in [3.63, 3.8) is 0 Å². The number of halogens is 1. The fraction of sp³-hybridized carbons (Fsp3) is 0.938. The summed E-state index contributed by atoms with van der Waals surface area (Å²) in [6.07, 6.45) is 15.1. The molecule has 1 rings (SSSR count). The van der Waals surface area contributed by atoms with E-state index in [1.54, 1.807) is 0 Å². The van der Waals surface area contributed by atoms with E-state index in [4.69, 9.17) is 9.93 Å². The lowest BCUT2D eigenvalue weighted by Crippen LogP contribution is -2.41. The molecule has 3 N–H and O–H groups in total. The molecule has 0 amide bonds. The molecular weight excluding hydrogens is 330 g/mol. The molecule has 0 spiro atoms. The van der Waals surface area contributed by atoms with Crippen molar-refractivity contribution in [3.05, 3.63) is 0 Å². The largest absolute Gasteiger partial charge is 0.370 e. The predicted octanol–water partition coefficient (Wildman–Crippen LogP) is 4.22. The van der Waals surface area contributed by atoms with Crippen LogP contribution < -0.4 is 5.73 Å². The molecular formula is C16H34BrN3O. The number of guanidine groups is 1. The Kier molecular flexibility index (Phi) is 15.9. The van der Waals surface area contributed by atoms with Crippen LogP contribution in [0, 0.1) is 0 Å². The summed E-state index contributed by atoms with van der Waals surface area (Å²) < 4.78 is 6.81. The van der Waals surface area contributed by atoms with E-state index < -0.39 is 0 Å². The molecule has 1 heterocycles. The van der Waals surface area contributed by atoms with Crippen LogP contribution in [0.5, 0.6) is 0 Å². The summed E-state index contributed by atoms with van der Waals surface area (Å²) in [6, 6.07) is 0. The average molecular weight is 364 g/mol. The number of unbranched alkanes of at least 4 members (excludes halogenated alkanes) is 9. The zero-order valence-electron chi connectivity index (χ0n) is 13.7. The van der Waals surface area contributed by atoms with Crippen LogP contribution in [-0.4, -0.2) is 34.7 Å². The van der Waals surface area contributed by atoms with Crippen LogP contribution in [0.2, 0.25) is 0 Å². The van der Waals surface area contributed by atoms with Gasteiger partial charge in [-0.2, -0.15) is 0 Å². The van der Waals surface area contributed by atoms with Gasteiger partial charge in [-0.15, -0.1) is 0 Å². The second-order valence-electron chi connectivity index (χ2n) is 5.76. The quantitative estimate of drug-likeness (QED) is 0.540. The summed E-state index contributed by atoms with van der Waals surface area (Å²) >= 11 is 1.94. The summed E-state index contributed by atoms with van der Waals surface area (Å²) in [7, 11) is 0. The van der Waals surface area contributed by atoms with Crippen molar-refractivity contribution in [2.45, 2.75) is 77.6 Å². The van der Waals surface area contributed by atoms with Crippen LogP contribution in [-0.2, 0) is 0 Å². The van der Waals surface area contributed by atoms with Gasteiger partial charge >= 0.3 is 0 Å². The molecule has 21 heavy (non-hydrogen) atoms. The molecule has 5 heteroatoms.